The van der Waals surface area contributed by atoms with Crippen molar-refractivity contribution in [1.29, 1.82) is 0 Å². The average molecular weight is 375 g/mol. The first-order chi connectivity index (χ1) is 13.7. The fourth-order valence-corrected chi connectivity index (χ4v) is 3.15. The number of aromatic nitrogens is 4. The van der Waals surface area contributed by atoms with Crippen molar-refractivity contribution in [2.45, 2.75) is 19.3 Å². The third-order valence-corrected chi connectivity index (χ3v) is 4.61. The number of carbonyl (C=O) groups is 1. The number of aromatic amines is 2. The summed E-state index contributed by atoms with van der Waals surface area (Å²) in [6.45, 7) is 0. The van der Waals surface area contributed by atoms with E-state index in [4.69, 9.17) is 4.74 Å². The number of benzene rings is 2. The Hall–Kier alpha value is -3.61. The molecule has 7 heteroatoms. The van der Waals surface area contributed by atoms with Crippen LogP contribution in [-0.4, -0.2) is 33.2 Å². The number of aryl methyl sites for hydroxylation is 2. The van der Waals surface area contributed by atoms with E-state index in [2.05, 4.69) is 37.6 Å². The van der Waals surface area contributed by atoms with Gasteiger partial charge in [0, 0.05) is 23.5 Å². The minimum Gasteiger partial charge on any atom is -0.497 e. The van der Waals surface area contributed by atoms with Crippen LogP contribution in [0.15, 0.2) is 54.7 Å². The summed E-state index contributed by atoms with van der Waals surface area (Å²) < 4.78 is 5.12. The molecule has 2 aromatic carbocycles. The van der Waals surface area contributed by atoms with Crippen molar-refractivity contribution in [3.63, 3.8) is 0 Å². The number of para-hydroxylation sites is 1. The van der Waals surface area contributed by atoms with E-state index >= 15 is 0 Å². The summed E-state index contributed by atoms with van der Waals surface area (Å²) in [4.78, 5) is 19.8. The number of nitrogens with one attached hydrogen (secondary N) is 3. The van der Waals surface area contributed by atoms with Crippen molar-refractivity contribution < 1.29 is 9.53 Å². The Morgan fingerprint density at radius 3 is 2.75 bits per heavy atom. The number of H-pyrrole nitrogens is 2. The molecular weight excluding hydrogens is 354 g/mol. The first kappa shape index (κ1) is 17.8. The maximum Gasteiger partial charge on any atom is 0.248 e. The van der Waals surface area contributed by atoms with Gasteiger partial charge in [0.2, 0.25) is 11.9 Å². The number of amides is 1. The molecule has 0 atom stereocenters. The molecule has 0 aliphatic carbocycles. The van der Waals surface area contributed by atoms with E-state index in [0.29, 0.717) is 12.4 Å². The third kappa shape index (κ3) is 4.03. The number of rotatable bonds is 7. The van der Waals surface area contributed by atoms with Gasteiger partial charge < -0.3 is 9.72 Å². The van der Waals surface area contributed by atoms with Gasteiger partial charge in [-0.25, -0.2) is 0 Å². The predicted molar refractivity (Wildman–Crippen MR) is 107 cm³/mol. The van der Waals surface area contributed by atoms with Crippen LogP contribution in [0.25, 0.3) is 10.9 Å². The molecule has 0 fully saturated rings. The van der Waals surface area contributed by atoms with Crippen molar-refractivity contribution in [3.05, 3.63) is 71.7 Å². The van der Waals surface area contributed by atoms with Gasteiger partial charge in [-0.3, -0.25) is 15.2 Å². The highest BCUT2D eigenvalue weighted by molar-refractivity contribution is 5.90. The van der Waals surface area contributed by atoms with Crippen molar-refractivity contribution in [2.24, 2.45) is 0 Å². The molecule has 4 aromatic rings. The van der Waals surface area contributed by atoms with Gasteiger partial charge in [0.05, 0.1) is 13.5 Å². The lowest BCUT2D eigenvalue weighted by atomic mass is 10.1. The Morgan fingerprint density at radius 1 is 1.11 bits per heavy atom. The lowest BCUT2D eigenvalue weighted by molar-refractivity contribution is -0.115. The van der Waals surface area contributed by atoms with Gasteiger partial charge in [0.15, 0.2) is 0 Å². The second-order valence-corrected chi connectivity index (χ2v) is 6.54. The van der Waals surface area contributed by atoms with E-state index in [1.54, 1.807) is 7.11 Å². The molecule has 4 rings (SSSR count). The zero-order valence-electron chi connectivity index (χ0n) is 15.5. The van der Waals surface area contributed by atoms with Crippen LogP contribution in [0.3, 0.4) is 0 Å². The molecule has 1 amide bonds. The number of methoxy groups -OCH3 is 1. The van der Waals surface area contributed by atoms with Gasteiger partial charge in [-0.05, 0) is 35.7 Å². The second-order valence-electron chi connectivity index (χ2n) is 6.54. The molecular formula is C21H21N5O2. The standard InChI is InChI=1S/C21H21N5O2/c1-28-16-9-6-14(7-10-16)12-20(27)24-21-23-19(25-26-21)11-8-15-13-22-18-5-3-2-4-17(15)18/h2-7,9-10,13,22H,8,11-12H2,1H3,(H2,23,24,25,26,27). The zero-order chi connectivity index (χ0) is 19.3. The number of carbonyl (C=O) groups excluding carboxylic acids is 1. The zero-order valence-corrected chi connectivity index (χ0v) is 15.5. The van der Waals surface area contributed by atoms with E-state index in [-0.39, 0.29) is 12.3 Å². The van der Waals surface area contributed by atoms with E-state index in [1.165, 1.54) is 10.9 Å². The molecule has 0 radical (unpaired) electrons. The smallest absolute Gasteiger partial charge is 0.248 e. The fraction of sp³-hybridized carbons (Fsp3) is 0.190. The van der Waals surface area contributed by atoms with Crippen LogP contribution in [-0.2, 0) is 24.1 Å². The molecule has 3 N–H and O–H groups in total. The normalized spacial score (nSPS) is 10.9. The van der Waals surface area contributed by atoms with Crippen LogP contribution in [0.1, 0.15) is 17.0 Å². The fourth-order valence-electron chi connectivity index (χ4n) is 3.15. The largest absolute Gasteiger partial charge is 0.497 e. The maximum atomic E-state index is 12.2. The van der Waals surface area contributed by atoms with Crippen molar-refractivity contribution >= 4 is 22.8 Å². The average Bonchev–Trinajstić information content (AvgIpc) is 3.33. The molecule has 2 heterocycles. The molecule has 0 spiro atoms. The number of hydrogen-bond acceptors (Lipinski definition) is 4. The number of nitrogens with zero attached hydrogens (tertiary/aromatic N) is 2. The highest BCUT2D eigenvalue weighted by atomic mass is 16.5. The minimum absolute atomic E-state index is 0.160. The third-order valence-electron chi connectivity index (χ3n) is 4.61. The molecule has 142 valence electrons. The summed E-state index contributed by atoms with van der Waals surface area (Å²) in [5.74, 6) is 1.64. The van der Waals surface area contributed by atoms with Gasteiger partial charge in [0.25, 0.3) is 0 Å². The van der Waals surface area contributed by atoms with Crippen LogP contribution in [0.4, 0.5) is 5.95 Å². The van der Waals surface area contributed by atoms with Crippen LogP contribution in [0, 0.1) is 0 Å². The van der Waals surface area contributed by atoms with Gasteiger partial charge in [-0.2, -0.15) is 4.98 Å². The summed E-state index contributed by atoms with van der Waals surface area (Å²) in [7, 11) is 1.61. The Kier molecular flexibility index (Phi) is 5.05. The molecule has 28 heavy (non-hydrogen) atoms. The van der Waals surface area contributed by atoms with E-state index in [9.17, 15) is 4.79 Å². The van der Waals surface area contributed by atoms with Crippen LogP contribution < -0.4 is 10.1 Å². The number of fused-ring (bicyclic) bond motifs is 1. The monoisotopic (exact) mass is 375 g/mol. The number of hydrogen-bond donors (Lipinski definition) is 3. The van der Waals surface area contributed by atoms with E-state index in [1.807, 2.05) is 42.6 Å². The lowest BCUT2D eigenvalue weighted by Gasteiger charge is -2.03. The summed E-state index contributed by atoms with van der Waals surface area (Å²) >= 11 is 0. The maximum absolute atomic E-state index is 12.2. The number of anilines is 1. The van der Waals surface area contributed by atoms with Crippen LogP contribution in [0.2, 0.25) is 0 Å². The molecule has 0 aliphatic heterocycles. The highest BCUT2D eigenvalue weighted by Gasteiger charge is 2.10. The van der Waals surface area contributed by atoms with Gasteiger partial charge in [-0.15, -0.1) is 5.10 Å². The lowest BCUT2D eigenvalue weighted by Crippen LogP contribution is -2.15. The quantitative estimate of drug-likeness (QED) is 0.462. The SMILES string of the molecule is COc1ccc(CC(=O)Nc2n[nH]c(CCc3c[nH]c4ccccc34)n2)cc1. The molecule has 0 saturated heterocycles. The Labute approximate surface area is 162 Å². The van der Waals surface area contributed by atoms with Crippen molar-refractivity contribution in [1.82, 2.24) is 20.2 Å². The van der Waals surface area contributed by atoms with Crippen molar-refractivity contribution in [2.75, 3.05) is 12.4 Å². The van der Waals surface area contributed by atoms with E-state index < -0.39 is 0 Å². The van der Waals surface area contributed by atoms with Crippen LogP contribution >= 0.6 is 0 Å². The van der Waals surface area contributed by atoms with Gasteiger partial charge in [0.1, 0.15) is 11.6 Å². The Bertz CT molecular complexity index is 1080. The minimum atomic E-state index is -0.160. The first-order valence-electron chi connectivity index (χ1n) is 9.10. The Balaban J connectivity index is 1.32. The first-order valence-corrected chi connectivity index (χ1v) is 9.10. The van der Waals surface area contributed by atoms with Gasteiger partial charge in [-0.1, -0.05) is 30.3 Å². The number of ether oxygens (including phenoxy) is 1. The summed E-state index contributed by atoms with van der Waals surface area (Å²) in [6, 6.07) is 15.6. The van der Waals surface area contributed by atoms with Gasteiger partial charge >= 0.3 is 0 Å². The highest BCUT2D eigenvalue weighted by Crippen LogP contribution is 2.19. The summed E-state index contributed by atoms with van der Waals surface area (Å²) in [5, 5.41) is 10.9. The molecule has 0 unspecified atom stereocenters. The Morgan fingerprint density at radius 2 is 1.93 bits per heavy atom. The summed E-state index contributed by atoms with van der Waals surface area (Å²) in [5.41, 5.74) is 3.26. The van der Waals surface area contributed by atoms with Crippen molar-refractivity contribution in [3.8, 4) is 5.75 Å². The van der Waals surface area contributed by atoms with E-state index in [0.717, 1.165) is 29.1 Å². The molecule has 0 saturated carbocycles. The molecule has 2 aromatic heterocycles. The predicted octanol–water partition coefficient (Wildman–Crippen LogP) is 3.26. The topological polar surface area (TPSA) is 95.7 Å². The summed E-state index contributed by atoms with van der Waals surface area (Å²) in [6.07, 6.45) is 3.82. The molecule has 0 aliphatic rings. The van der Waals surface area contributed by atoms with Crippen LogP contribution in [0.5, 0.6) is 5.75 Å². The molecule has 7 nitrogen and oxygen atoms in total. The molecule has 0 bridgehead atoms. The second kappa shape index (κ2) is 7.96.